The van der Waals surface area contributed by atoms with Crippen LogP contribution >= 0.6 is 0 Å². The van der Waals surface area contributed by atoms with Crippen LogP contribution < -0.4 is 5.32 Å². The molecule has 0 heterocycles. The van der Waals surface area contributed by atoms with Crippen LogP contribution in [0.2, 0.25) is 0 Å². The first-order chi connectivity index (χ1) is 4.31. The molecule has 0 saturated carbocycles. The Morgan fingerprint density at radius 3 is 2.67 bits per heavy atom. The lowest BCUT2D eigenvalue weighted by Gasteiger charge is -1.88. The molecule has 1 nitrogen and oxygen atoms in total. The van der Waals surface area contributed by atoms with E-state index in [1.807, 2.05) is 19.3 Å². The SMILES string of the molecule is CC/C(C)=C/C=C\NC. The van der Waals surface area contributed by atoms with Gasteiger partial charge in [-0.05, 0) is 25.6 Å². The summed E-state index contributed by atoms with van der Waals surface area (Å²) in [4.78, 5) is 0. The lowest BCUT2D eigenvalue weighted by Crippen LogP contribution is -1.89. The van der Waals surface area contributed by atoms with Crippen LogP contribution in [-0.4, -0.2) is 7.05 Å². The summed E-state index contributed by atoms with van der Waals surface area (Å²) in [5.41, 5.74) is 1.40. The number of allylic oxidation sites excluding steroid dienone is 3. The van der Waals surface area contributed by atoms with Crippen LogP contribution in [0.15, 0.2) is 23.9 Å². The van der Waals surface area contributed by atoms with Gasteiger partial charge in [0.1, 0.15) is 0 Å². The fraction of sp³-hybridized carbons (Fsp3) is 0.500. The molecule has 0 aromatic rings. The van der Waals surface area contributed by atoms with E-state index < -0.39 is 0 Å². The predicted molar refractivity (Wildman–Crippen MR) is 42.2 cm³/mol. The smallest absolute Gasteiger partial charge is 0.00277 e. The summed E-state index contributed by atoms with van der Waals surface area (Å²) in [7, 11) is 1.89. The van der Waals surface area contributed by atoms with Gasteiger partial charge in [-0.25, -0.2) is 0 Å². The Morgan fingerprint density at radius 1 is 1.56 bits per heavy atom. The highest BCUT2D eigenvalue weighted by Gasteiger charge is 1.76. The minimum absolute atomic E-state index is 1.13. The van der Waals surface area contributed by atoms with Gasteiger partial charge in [0.2, 0.25) is 0 Å². The van der Waals surface area contributed by atoms with Gasteiger partial charge in [0.05, 0.1) is 0 Å². The van der Waals surface area contributed by atoms with Gasteiger partial charge in [-0.15, -0.1) is 0 Å². The quantitative estimate of drug-likeness (QED) is 0.569. The molecule has 0 bridgehead atoms. The van der Waals surface area contributed by atoms with Crippen LogP contribution in [0.25, 0.3) is 0 Å². The number of nitrogens with one attached hydrogen (secondary N) is 1. The predicted octanol–water partition coefficient (Wildman–Crippen LogP) is 2.08. The molecule has 0 atom stereocenters. The highest BCUT2D eigenvalue weighted by molar-refractivity contribution is 5.08. The van der Waals surface area contributed by atoms with Gasteiger partial charge in [-0.1, -0.05) is 18.6 Å². The first kappa shape index (κ1) is 8.28. The summed E-state index contributed by atoms with van der Waals surface area (Å²) >= 11 is 0. The number of rotatable bonds is 3. The first-order valence-electron chi connectivity index (χ1n) is 3.30. The summed E-state index contributed by atoms with van der Waals surface area (Å²) in [6.07, 6.45) is 7.17. The van der Waals surface area contributed by atoms with Crippen molar-refractivity contribution in [1.82, 2.24) is 5.32 Å². The molecule has 0 aliphatic heterocycles. The lowest BCUT2D eigenvalue weighted by molar-refractivity contribution is 1.08. The van der Waals surface area contributed by atoms with E-state index in [-0.39, 0.29) is 0 Å². The van der Waals surface area contributed by atoms with Crippen LogP contribution in [0.1, 0.15) is 20.3 Å². The Bertz CT molecular complexity index is 112. The minimum atomic E-state index is 1.13. The molecule has 0 aromatic carbocycles. The normalized spacial score (nSPS) is 12.6. The Kier molecular flexibility index (Phi) is 4.98. The maximum atomic E-state index is 2.92. The zero-order valence-corrected chi connectivity index (χ0v) is 6.44. The molecule has 0 spiro atoms. The molecule has 1 heteroatoms. The van der Waals surface area contributed by atoms with E-state index in [9.17, 15) is 0 Å². The first-order valence-corrected chi connectivity index (χ1v) is 3.30. The Balaban J connectivity index is 3.55. The minimum Gasteiger partial charge on any atom is -0.394 e. The summed E-state index contributed by atoms with van der Waals surface area (Å²) in [6.45, 7) is 4.28. The van der Waals surface area contributed by atoms with Crippen molar-refractivity contribution < 1.29 is 0 Å². The molecule has 0 amide bonds. The van der Waals surface area contributed by atoms with Crippen molar-refractivity contribution in [3.05, 3.63) is 23.9 Å². The van der Waals surface area contributed by atoms with Crippen molar-refractivity contribution in [1.29, 1.82) is 0 Å². The lowest BCUT2D eigenvalue weighted by atomic mass is 10.2. The second kappa shape index (κ2) is 5.42. The van der Waals surface area contributed by atoms with Gasteiger partial charge < -0.3 is 5.32 Å². The average Bonchev–Trinajstić information content (AvgIpc) is 1.89. The van der Waals surface area contributed by atoms with Gasteiger partial charge in [0.25, 0.3) is 0 Å². The van der Waals surface area contributed by atoms with E-state index >= 15 is 0 Å². The highest BCUT2D eigenvalue weighted by Crippen LogP contribution is 1.96. The van der Waals surface area contributed by atoms with Crippen molar-refractivity contribution in [2.75, 3.05) is 7.05 Å². The third kappa shape index (κ3) is 5.15. The molecular weight excluding hydrogens is 110 g/mol. The van der Waals surface area contributed by atoms with E-state index in [2.05, 4.69) is 25.2 Å². The fourth-order valence-electron chi connectivity index (χ4n) is 0.426. The maximum Gasteiger partial charge on any atom is 0.00277 e. The second-order valence-electron chi connectivity index (χ2n) is 2.01. The largest absolute Gasteiger partial charge is 0.394 e. The molecule has 0 fully saturated rings. The topological polar surface area (TPSA) is 12.0 Å². The van der Waals surface area contributed by atoms with Gasteiger partial charge in [-0.3, -0.25) is 0 Å². The summed E-state index contributed by atoms with van der Waals surface area (Å²) in [5, 5.41) is 2.92. The van der Waals surface area contributed by atoms with E-state index in [1.165, 1.54) is 5.57 Å². The van der Waals surface area contributed by atoms with Crippen LogP contribution in [0.5, 0.6) is 0 Å². The van der Waals surface area contributed by atoms with Crippen molar-refractivity contribution >= 4 is 0 Å². The monoisotopic (exact) mass is 125 g/mol. The summed E-state index contributed by atoms with van der Waals surface area (Å²) in [6, 6.07) is 0. The van der Waals surface area contributed by atoms with Crippen molar-refractivity contribution in [2.24, 2.45) is 0 Å². The summed E-state index contributed by atoms with van der Waals surface area (Å²) < 4.78 is 0. The summed E-state index contributed by atoms with van der Waals surface area (Å²) in [5.74, 6) is 0. The van der Waals surface area contributed by atoms with Crippen LogP contribution in [0.3, 0.4) is 0 Å². The molecule has 1 N–H and O–H groups in total. The average molecular weight is 125 g/mol. The molecule has 52 valence electrons. The Hall–Kier alpha value is -0.720. The van der Waals surface area contributed by atoms with Crippen LogP contribution in [0.4, 0.5) is 0 Å². The second-order valence-corrected chi connectivity index (χ2v) is 2.01. The number of hydrogen-bond donors (Lipinski definition) is 1. The van der Waals surface area contributed by atoms with Crippen molar-refractivity contribution in [2.45, 2.75) is 20.3 Å². The van der Waals surface area contributed by atoms with E-state index in [1.54, 1.807) is 0 Å². The highest BCUT2D eigenvalue weighted by atomic mass is 14.8. The maximum absolute atomic E-state index is 2.92. The standard InChI is InChI=1S/C8H15N/c1-4-8(2)6-5-7-9-3/h5-7,9H,4H2,1-3H3/b7-5-,8-6+. The van der Waals surface area contributed by atoms with Gasteiger partial charge in [0.15, 0.2) is 0 Å². The molecule has 0 aromatic heterocycles. The van der Waals surface area contributed by atoms with Crippen LogP contribution in [-0.2, 0) is 0 Å². The van der Waals surface area contributed by atoms with Crippen LogP contribution in [0, 0.1) is 0 Å². The molecular formula is C8H15N. The third-order valence-electron chi connectivity index (χ3n) is 1.20. The zero-order valence-electron chi connectivity index (χ0n) is 6.44. The van der Waals surface area contributed by atoms with Gasteiger partial charge in [-0.2, -0.15) is 0 Å². The molecule has 0 aliphatic carbocycles. The van der Waals surface area contributed by atoms with Gasteiger partial charge >= 0.3 is 0 Å². The third-order valence-corrected chi connectivity index (χ3v) is 1.20. The fourth-order valence-corrected chi connectivity index (χ4v) is 0.426. The van der Waals surface area contributed by atoms with Crippen molar-refractivity contribution in [3.8, 4) is 0 Å². The van der Waals surface area contributed by atoms with Crippen molar-refractivity contribution in [3.63, 3.8) is 0 Å². The molecule has 9 heavy (non-hydrogen) atoms. The molecule has 0 unspecified atom stereocenters. The zero-order chi connectivity index (χ0) is 7.11. The van der Waals surface area contributed by atoms with E-state index in [0.29, 0.717) is 0 Å². The molecule has 0 radical (unpaired) electrons. The van der Waals surface area contributed by atoms with E-state index in [4.69, 9.17) is 0 Å². The van der Waals surface area contributed by atoms with Gasteiger partial charge in [0, 0.05) is 7.05 Å². The molecule has 0 rings (SSSR count). The molecule has 0 saturated heterocycles. The Labute approximate surface area is 57.5 Å². The number of hydrogen-bond acceptors (Lipinski definition) is 1. The molecule has 0 aliphatic rings. The Morgan fingerprint density at radius 2 is 2.22 bits per heavy atom. The van der Waals surface area contributed by atoms with E-state index in [0.717, 1.165) is 6.42 Å².